The van der Waals surface area contributed by atoms with Crippen LogP contribution in [0.4, 0.5) is 0 Å². The molecular formula is C15H13NO. The minimum Gasteiger partial charge on any atom is -0.387 e. The van der Waals surface area contributed by atoms with Crippen molar-refractivity contribution < 1.29 is 4.84 Å². The van der Waals surface area contributed by atoms with Crippen LogP contribution in [0.3, 0.4) is 0 Å². The molecule has 0 aliphatic carbocycles. The number of nitrogens with zero attached hydrogens (tertiary/aromatic N) is 1. The molecule has 84 valence electrons. The first-order valence-corrected chi connectivity index (χ1v) is 5.76. The highest BCUT2D eigenvalue weighted by Crippen LogP contribution is 2.28. The summed E-state index contributed by atoms with van der Waals surface area (Å²) in [6.07, 6.45) is 0.903. The number of hydrogen-bond acceptors (Lipinski definition) is 2. The van der Waals surface area contributed by atoms with Crippen molar-refractivity contribution in [3.63, 3.8) is 0 Å². The van der Waals surface area contributed by atoms with Gasteiger partial charge in [0, 0.05) is 6.42 Å². The largest absolute Gasteiger partial charge is 0.387 e. The van der Waals surface area contributed by atoms with Crippen LogP contribution in [0.1, 0.15) is 23.7 Å². The van der Waals surface area contributed by atoms with Crippen LogP contribution in [-0.2, 0) is 4.84 Å². The van der Waals surface area contributed by atoms with Crippen LogP contribution in [0.25, 0.3) is 0 Å². The molecule has 0 bridgehead atoms. The lowest BCUT2D eigenvalue weighted by molar-refractivity contribution is 0.0857. The molecule has 0 N–H and O–H groups in total. The molecule has 1 unspecified atom stereocenters. The van der Waals surface area contributed by atoms with Crippen LogP contribution in [0, 0.1) is 0 Å². The van der Waals surface area contributed by atoms with E-state index in [1.807, 2.05) is 36.4 Å². The van der Waals surface area contributed by atoms with Crippen LogP contribution in [0.15, 0.2) is 65.8 Å². The minimum atomic E-state index is 0.0615. The van der Waals surface area contributed by atoms with Crippen molar-refractivity contribution in [2.24, 2.45) is 5.16 Å². The predicted octanol–water partition coefficient (Wildman–Crippen LogP) is 3.55. The highest BCUT2D eigenvalue weighted by molar-refractivity contribution is 6.01. The second kappa shape index (κ2) is 4.42. The first-order valence-electron chi connectivity index (χ1n) is 5.76. The molecule has 1 aliphatic heterocycles. The van der Waals surface area contributed by atoms with E-state index in [0.29, 0.717) is 0 Å². The summed E-state index contributed by atoms with van der Waals surface area (Å²) in [5.41, 5.74) is 3.35. The topological polar surface area (TPSA) is 21.6 Å². The maximum absolute atomic E-state index is 5.49. The Morgan fingerprint density at radius 2 is 1.53 bits per heavy atom. The Bertz CT molecular complexity index is 519. The van der Waals surface area contributed by atoms with Crippen LogP contribution >= 0.6 is 0 Å². The summed E-state index contributed by atoms with van der Waals surface area (Å²) in [5.74, 6) is 0. The van der Waals surface area contributed by atoms with E-state index in [2.05, 4.69) is 29.4 Å². The molecule has 1 aliphatic rings. The van der Waals surface area contributed by atoms with Gasteiger partial charge in [0.15, 0.2) is 6.10 Å². The normalized spacial score (nSPS) is 18.6. The van der Waals surface area contributed by atoms with Gasteiger partial charge in [-0.3, -0.25) is 0 Å². The molecule has 0 aromatic heterocycles. The van der Waals surface area contributed by atoms with Crippen molar-refractivity contribution in [1.29, 1.82) is 0 Å². The van der Waals surface area contributed by atoms with Gasteiger partial charge < -0.3 is 4.84 Å². The first-order chi connectivity index (χ1) is 8.43. The van der Waals surface area contributed by atoms with Gasteiger partial charge >= 0.3 is 0 Å². The molecule has 0 fully saturated rings. The minimum absolute atomic E-state index is 0.0615. The van der Waals surface area contributed by atoms with Crippen molar-refractivity contribution in [3.05, 3.63) is 71.8 Å². The molecule has 2 heteroatoms. The van der Waals surface area contributed by atoms with Crippen molar-refractivity contribution in [2.45, 2.75) is 12.5 Å². The lowest BCUT2D eigenvalue weighted by Crippen LogP contribution is -2.01. The summed E-state index contributed by atoms with van der Waals surface area (Å²) in [6, 6.07) is 20.4. The fraction of sp³-hybridized carbons (Fsp3) is 0.133. The Morgan fingerprint density at radius 1 is 0.882 bits per heavy atom. The van der Waals surface area contributed by atoms with Gasteiger partial charge in [0.05, 0.1) is 5.71 Å². The van der Waals surface area contributed by atoms with Crippen molar-refractivity contribution in [2.75, 3.05) is 0 Å². The fourth-order valence-corrected chi connectivity index (χ4v) is 2.02. The van der Waals surface area contributed by atoms with Gasteiger partial charge in [0.2, 0.25) is 0 Å². The molecule has 3 rings (SSSR count). The summed E-state index contributed by atoms with van der Waals surface area (Å²) in [7, 11) is 0. The molecule has 0 saturated heterocycles. The smallest absolute Gasteiger partial charge is 0.158 e. The molecule has 2 aromatic rings. The average molecular weight is 223 g/mol. The molecule has 0 amide bonds. The Hall–Kier alpha value is -2.09. The van der Waals surface area contributed by atoms with Gasteiger partial charge in [-0.2, -0.15) is 0 Å². The molecule has 1 atom stereocenters. The molecular weight excluding hydrogens is 210 g/mol. The van der Waals surface area contributed by atoms with E-state index in [4.69, 9.17) is 4.84 Å². The van der Waals surface area contributed by atoms with Gasteiger partial charge in [0.1, 0.15) is 0 Å². The zero-order chi connectivity index (χ0) is 11.5. The van der Waals surface area contributed by atoms with Gasteiger partial charge in [-0.05, 0) is 11.1 Å². The molecule has 2 nitrogen and oxygen atoms in total. The maximum Gasteiger partial charge on any atom is 0.158 e. The van der Waals surface area contributed by atoms with Crippen molar-refractivity contribution in [1.82, 2.24) is 0 Å². The lowest BCUT2D eigenvalue weighted by atomic mass is 10.0. The van der Waals surface area contributed by atoms with Crippen molar-refractivity contribution >= 4 is 5.71 Å². The summed E-state index contributed by atoms with van der Waals surface area (Å²) in [6.45, 7) is 0. The average Bonchev–Trinajstić information content (AvgIpc) is 2.90. The zero-order valence-electron chi connectivity index (χ0n) is 9.41. The van der Waals surface area contributed by atoms with Gasteiger partial charge in [-0.1, -0.05) is 65.8 Å². The number of rotatable bonds is 2. The van der Waals surface area contributed by atoms with Crippen LogP contribution in [0.2, 0.25) is 0 Å². The van der Waals surface area contributed by atoms with E-state index in [1.165, 1.54) is 5.56 Å². The molecule has 17 heavy (non-hydrogen) atoms. The number of oxime groups is 1. The Kier molecular flexibility index (Phi) is 2.62. The monoisotopic (exact) mass is 223 g/mol. The third-order valence-electron chi connectivity index (χ3n) is 2.95. The SMILES string of the molecule is c1ccc(C2=NOC(c3ccccc3)C2)cc1. The van der Waals surface area contributed by atoms with E-state index in [-0.39, 0.29) is 6.10 Å². The van der Waals surface area contributed by atoms with Crippen LogP contribution < -0.4 is 0 Å². The molecule has 2 aromatic carbocycles. The molecule has 0 radical (unpaired) electrons. The highest BCUT2D eigenvalue weighted by Gasteiger charge is 2.23. The first kappa shape index (κ1) is 10.1. The zero-order valence-corrected chi connectivity index (χ0v) is 9.41. The summed E-state index contributed by atoms with van der Waals surface area (Å²) in [5, 5.41) is 4.18. The molecule has 0 saturated carbocycles. The second-order valence-corrected chi connectivity index (χ2v) is 4.11. The van der Waals surface area contributed by atoms with Crippen molar-refractivity contribution in [3.8, 4) is 0 Å². The van der Waals surface area contributed by atoms with E-state index in [9.17, 15) is 0 Å². The van der Waals surface area contributed by atoms with Crippen LogP contribution in [0.5, 0.6) is 0 Å². The number of benzene rings is 2. The van der Waals surface area contributed by atoms with Gasteiger partial charge in [-0.25, -0.2) is 0 Å². The fourth-order valence-electron chi connectivity index (χ4n) is 2.02. The van der Waals surface area contributed by atoms with E-state index < -0.39 is 0 Å². The maximum atomic E-state index is 5.49. The quantitative estimate of drug-likeness (QED) is 0.763. The second-order valence-electron chi connectivity index (χ2n) is 4.11. The summed E-state index contributed by atoms with van der Waals surface area (Å²) < 4.78 is 0. The van der Waals surface area contributed by atoms with E-state index in [1.54, 1.807) is 0 Å². The Labute approximate surface area is 101 Å². The van der Waals surface area contributed by atoms with E-state index >= 15 is 0 Å². The Morgan fingerprint density at radius 3 is 2.24 bits per heavy atom. The standard InChI is InChI=1S/C15H13NO/c1-3-7-12(8-4-1)14-11-15(17-16-14)13-9-5-2-6-10-13/h1-10,15H,11H2. The Balaban J connectivity index is 1.78. The van der Waals surface area contributed by atoms with Gasteiger partial charge in [-0.15, -0.1) is 0 Å². The van der Waals surface area contributed by atoms with Crippen LogP contribution in [-0.4, -0.2) is 5.71 Å². The third kappa shape index (κ3) is 2.07. The van der Waals surface area contributed by atoms with Gasteiger partial charge in [0.25, 0.3) is 0 Å². The predicted molar refractivity (Wildman–Crippen MR) is 67.9 cm³/mol. The molecule has 0 spiro atoms. The lowest BCUT2D eigenvalue weighted by Gasteiger charge is -2.07. The summed E-state index contributed by atoms with van der Waals surface area (Å²) >= 11 is 0. The summed E-state index contributed by atoms with van der Waals surface area (Å²) in [4.78, 5) is 5.49. The van der Waals surface area contributed by atoms with E-state index in [0.717, 1.165) is 17.7 Å². The number of hydrogen-bond donors (Lipinski definition) is 0. The molecule has 1 heterocycles. The highest BCUT2D eigenvalue weighted by atomic mass is 16.6. The third-order valence-corrected chi connectivity index (χ3v) is 2.95.